The van der Waals surface area contributed by atoms with Crippen LogP contribution >= 0.6 is 0 Å². The molecule has 1 aliphatic carbocycles. The van der Waals surface area contributed by atoms with Crippen molar-refractivity contribution in [1.29, 1.82) is 0 Å². The summed E-state index contributed by atoms with van der Waals surface area (Å²) in [4.78, 5) is 8.90. The second-order valence-electron chi connectivity index (χ2n) is 8.57. The van der Waals surface area contributed by atoms with Crippen molar-refractivity contribution in [2.75, 3.05) is 33.4 Å². The summed E-state index contributed by atoms with van der Waals surface area (Å²) in [5.41, 5.74) is 3.81. The lowest BCUT2D eigenvalue weighted by Gasteiger charge is -2.46. The van der Waals surface area contributed by atoms with E-state index in [0.29, 0.717) is 6.04 Å². The van der Waals surface area contributed by atoms with Gasteiger partial charge in [-0.25, -0.2) is 0 Å². The smallest absolute Gasteiger partial charge is 0.119 e. The molecule has 1 aromatic heterocycles. The van der Waals surface area contributed by atoms with E-state index >= 15 is 0 Å². The predicted molar refractivity (Wildman–Crippen MR) is 114 cm³/mol. The van der Waals surface area contributed by atoms with Crippen LogP contribution in [-0.4, -0.2) is 65.3 Å². The molecular weight excluding hydrogens is 350 g/mol. The van der Waals surface area contributed by atoms with Crippen molar-refractivity contribution in [2.24, 2.45) is 0 Å². The van der Waals surface area contributed by atoms with E-state index in [1.165, 1.54) is 54.3 Å². The van der Waals surface area contributed by atoms with Gasteiger partial charge in [-0.1, -0.05) is 19.3 Å². The molecule has 1 unspecified atom stereocenters. The first-order valence-electron chi connectivity index (χ1n) is 10.9. The minimum absolute atomic E-state index is 0.285. The van der Waals surface area contributed by atoms with Crippen LogP contribution in [0.15, 0.2) is 18.2 Å². The predicted octanol–water partition coefficient (Wildman–Crippen LogP) is 3.69. The van der Waals surface area contributed by atoms with Gasteiger partial charge in [0, 0.05) is 61.5 Å². The number of nitrogens with zero attached hydrogens (tertiary/aromatic N) is 2. The topological polar surface area (TPSA) is 51.7 Å². The molecule has 28 heavy (non-hydrogen) atoms. The SMILES string of the molecule is COc1ccc2[nH]c(CN3CCN(C4CCCCC4)C(CCO)C3)c(C)c2c1. The number of aromatic nitrogens is 1. The Hall–Kier alpha value is -1.56. The molecule has 0 amide bonds. The average molecular weight is 386 g/mol. The molecule has 2 fully saturated rings. The Morgan fingerprint density at radius 2 is 2.00 bits per heavy atom. The van der Waals surface area contributed by atoms with Crippen LogP contribution in [0.5, 0.6) is 5.75 Å². The third-order valence-electron chi connectivity index (χ3n) is 6.87. The molecule has 0 bridgehead atoms. The fraction of sp³-hybridized carbons (Fsp3) is 0.652. The van der Waals surface area contributed by atoms with Crippen molar-refractivity contribution in [3.05, 3.63) is 29.5 Å². The van der Waals surface area contributed by atoms with Crippen molar-refractivity contribution >= 4 is 10.9 Å². The molecule has 1 aromatic carbocycles. The molecule has 2 aliphatic rings. The third-order valence-corrected chi connectivity index (χ3v) is 6.87. The molecule has 1 saturated carbocycles. The van der Waals surface area contributed by atoms with Gasteiger partial charge in [0.1, 0.15) is 5.75 Å². The number of piperazine rings is 1. The maximum absolute atomic E-state index is 9.64. The Morgan fingerprint density at radius 3 is 2.75 bits per heavy atom. The number of hydrogen-bond donors (Lipinski definition) is 2. The van der Waals surface area contributed by atoms with Gasteiger partial charge in [-0.2, -0.15) is 0 Å². The number of aryl methyl sites for hydroxylation is 1. The lowest BCUT2D eigenvalue weighted by Crippen LogP contribution is -2.56. The van der Waals surface area contributed by atoms with Gasteiger partial charge < -0.3 is 14.8 Å². The Bertz CT molecular complexity index is 781. The van der Waals surface area contributed by atoms with Crippen LogP contribution in [0.3, 0.4) is 0 Å². The molecule has 2 N–H and O–H groups in total. The lowest BCUT2D eigenvalue weighted by atomic mass is 9.92. The summed E-state index contributed by atoms with van der Waals surface area (Å²) in [6.45, 7) is 6.72. The van der Waals surface area contributed by atoms with E-state index in [-0.39, 0.29) is 6.61 Å². The molecule has 0 spiro atoms. The molecule has 5 nitrogen and oxygen atoms in total. The van der Waals surface area contributed by atoms with E-state index in [1.807, 2.05) is 6.07 Å². The molecule has 1 aliphatic heterocycles. The number of aromatic amines is 1. The summed E-state index contributed by atoms with van der Waals surface area (Å²) in [7, 11) is 1.72. The van der Waals surface area contributed by atoms with Crippen molar-refractivity contribution in [3.63, 3.8) is 0 Å². The van der Waals surface area contributed by atoms with E-state index < -0.39 is 0 Å². The van der Waals surface area contributed by atoms with E-state index in [4.69, 9.17) is 4.74 Å². The highest BCUT2D eigenvalue weighted by molar-refractivity contribution is 5.85. The first-order chi connectivity index (χ1) is 13.7. The largest absolute Gasteiger partial charge is 0.497 e. The number of H-pyrrole nitrogens is 1. The van der Waals surface area contributed by atoms with Crippen LogP contribution in [0, 0.1) is 6.92 Å². The molecule has 154 valence electrons. The van der Waals surface area contributed by atoms with E-state index in [0.717, 1.165) is 44.4 Å². The molecule has 2 heterocycles. The van der Waals surface area contributed by atoms with E-state index in [9.17, 15) is 5.11 Å². The minimum atomic E-state index is 0.285. The molecule has 1 saturated heterocycles. The zero-order chi connectivity index (χ0) is 19.5. The Kier molecular flexibility index (Phi) is 6.24. The molecule has 5 heteroatoms. The quantitative estimate of drug-likeness (QED) is 0.796. The number of ether oxygens (including phenoxy) is 1. The van der Waals surface area contributed by atoms with Crippen LogP contribution in [0.2, 0.25) is 0 Å². The second kappa shape index (κ2) is 8.85. The molecule has 2 aromatic rings. The van der Waals surface area contributed by atoms with Crippen LogP contribution < -0.4 is 4.74 Å². The first-order valence-corrected chi connectivity index (χ1v) is 10.9. The molecule has 0 radical (unpaired) electrons. The van der Waals surface area contributed by atoms with Crippen LogP contribution in [0.25, 0.3) is 10.9 Å². The van der Waals surface area contributed by atoms with Crippen LogP contribution in [-0.2, 0) is 6.54 Å². The summed E-state index contributed by atoms with van der Waals surface area (Å²) >= 11 is 0. The van der Waals surface area contributed by atoms with Crippen molar-refractivity contribution in [1.82, 2.24) is 14.8 Å². The number of aliphatic hydroxyl groups is 1. The number of nitrogens with one attached hydrogen (secondary N) is 1. The summed E-state index contributed by atoms with van der Waals surface area (Å²) in [6.07, 6.45) is 7.69. The number of rotatable bonds is 6. The number of benzene rings is 1. The molecular formula is C23H35N3O2. The summed E-state index contributed by atoms with van der Waals surface area (Å²) in [5, 5.41) is 10.9. The summed E-state index contributed by atoms with van der Waals surface area (Å²) in [5.74, 6) is 0.908. The van der Waals surface area contributed by atoms with Gasteiger partial charge in [0.05, 0.1) is 7.11 Å². The van der Waals surface area contributed by atoms with Gasteiger partial charge in [-0.05, 0) is 49.9 Å². The van der Waals surface area contributed by atoms with Crippen LogP contribution in [0.1, 0.15) is 49.8 Å². The van der Waals surface area contributed by atoms with Crippen molar-refractivity contribution in [3.8, 4) is 5.75 Å². The van der Waals surface area contributed by atoms with Gasteiger partial charge in [-0.3, -0.25) is 9.80 Å². The number of methoxy groups -OCH3 is 1. The fourth-order valence-corrected chi connectivity index (χ4v) is 5.25. The van der Waals surface area contributed by atoms with Gasteiger partial charge in [0.25, 0.3) is 0 Å². The normalized spacial score (nSPS) is 22.8. The third kappa shape index (κ3) is 4.07. The van der Waals surface area contributed by atoms with Crippen LogP contribution in [0.4, 0.5) is 0 Å². The minimum Gasteiger partial charge on any atom is -0.497 e. The highest BCUT2D eigenvalue weighted by Crippen LogP contribution is 2.29. The number of hydrogen-bond acceptors (Lipinski definition) is 4. The Labute approximate surface area is 168 Å². The maximum atomic E-state index is 9.64. The monoisotopic (exact) mass is 385 g/mol. The Balaban J connectivity index is 1.46. The van der Waals surface area contributed by atoms with E-state index in [1.54, 1.807) is 7.11 Å². The summed E-state index contributed by atoms with van der Waals surface area (Å²) < 4.78 is 5.39. The van der Waals surface area contributed by atoms with Crippen molar-refractivity contribution < 1.29 is 9.84 Å². The number of fused-ring (bicyclic) bond motifs is 1. The van der Waals surface area contributed by atoms with Gasteiger partial charge in [0.15, 0.2) is 0 Å². The summed E-state index contributed by atoms with van der Waals surface area (Å²) in [6, 6.07) is 7.46. The first kappa shape index (κ1) is 19.7. The highest BCUT2D eigenvalue weighted by Gasteiger charge is 2.32. The highest BCUT2D eigenvalue weighted by atomic mass is 16.5. The Morgan fingerprint density at radius 1 is 1.18 bits per heavy atom. The van der Waals surface area contributed by atoms with Gasteiger partial charge in [-0.15, -0.1) is 0 Å². The molecule has 4 rings (SSSR count). The van der Waals surface area contributed by atoms with Gasteiger partial charge >= 0.3 is 0 Å². The number of aliphatic hydroxyl groups excluding tert-OH is 1. The lowest BCUT2D eigenvalue weighted by molar-refractivity contribution is 0.0133. The van der Waals surface area contributed by atoms with Crippen molar-refractivity contribution in [2.45, 2.75) is 64.1 Å². The standard InChI is InChI=1S/C23H35N3O2/c1-17-21-14-20(28-2)8-9-22(21)24-23(17)16-25-11-12-26(19(15-25)10-13-27)18-6-4-3-5-7-18/h8-9,14,18-19,24,27H,3-7,10-13,15-16H2,1-2H3. The maximum Gasteiger partial charge on any atom is 0.119 e. The van der Waals surface area contributed by atoms with Gasteiger partial charge in [0.2, 0.25) is 0 Å². The average Bonchev–Trinajstić information content (AvgIpc) is 3.04. The zero-order valence-corrected chi connectivity index (χ0v) is 17.4. The molecule has 1 atom stereocenters. The van der Waals surface area contributed by atoms with E-state index in [2.05, 4.69) is 33.8 Å². The zero-order valence-electron chi connectivity index (χ0n) is 17.4. The second-order valence-corrected chi connectivity index (χ2v) is 8.57. The fourth-order valence-electron chi connectivity index (χ4n) is 5.25.